The van der Waals surface area contributed by atoms with Gasteiger partial charge in [0.25, 0.3) is 0 Å². The fourth-order valence-corrected chi connectivity index (χ4v) is 1.82. The zero-order chi connectivity index (χ0) is 9.40. The summed E-state index contributed by atoms with van der Waals surface area (Å²) >= 11 is 0. The molecule has 7 heteroatoms. The third-order valence-corrected chi connectivity index (χ3v) is 2.28. The minimum Gasteiger partial charge on any atom is -0.388 e. The lowest BCUT2D eigenvalue weighted by Crippen LogP contribution is -2.30. The molecule has 0 aromatic carbocycles. The average Bonchev–Trinajstić information content (AvgIpc) is 2.04. The van der Waals surface area contributed by atoms with E-state index in [4.69, 9.17) is 4.52 Å². The van der Waals surface area contributed by atoms with Gasteiger partial charge in [0.1, 0.15) is 12.4 Å². The third kappa shape index (κ3) is 5.48. The smallest absolute Gasteiger partial charge is 0.122 e. The Balaban J connectivity index is 3.80. The lowest BCUT2D eigenvalue weighted by molar-refractivity contribution is -0.110. The lowest BCUT2D eigenvalue weighted by Gasteiger charge is -2.19. The van der Waals surface area contributed by atoms with E-state index in [0.717, 1.165) is 6.29 Å². The molecule has 0 bridgehead atoms. The molecule has 0 spiro atoms. The Kier molecular flexibility index (Phi) is 9.03. The predicted octanol–water partition coefficient (Wildman–Crippen LogP) is 0.512. The molecule has 0 aliphatic rings. The molecule has 4 nitrogen and oxygen atoms in total. The average molecular weight is 230 g/mol. The van der Waals surface area contributed by atoms with E-state index in [0.29, 0.717) is 0 Å². The molecule has 0 aromatic rings. The van der Waals surface area contributed by atoms with E-state index in [-0.39, 0.29) is 21.5 Å². The zero-order valence-corrected chi connectivity index (χ0v) is 9.78. The summed E-state index contributed by atoms with van der Waals surface area (Å²) < 4.78 is 9.76. The maximum absolute atomic E-state index is 10.2. The van der Waals surface area contributed by atoms with Gasteiger partial charge in [-0.3, -0.25) is 0 Å². The Morgan fingerprint density at radius 2 is 2.33 bits per heavy atom. The summed E-state index contributed by atoms with van der Waals surface area (Å²) in [5.41, 5.74) is 0. The molecule has 0 aliphatic heterocycles. The van der Waals surface area contributed by atoms with Crippen molar-refractivity contribution in [3.63, 3.8) is 0 Å². The predicted molar refractivity (Wildman–Crippen MR) is 55.2 cm³/mol. The third-order valence-electron chi connectivity index (χ3n) is 1.24. The maximum Gasteiger partial charge on any atom is 0.122 e. The van der Waals surface area contributed by atoms with Gasteiger partial charge < -0.3 is 18.9 Å². The Labute approximate surface area is 78.0 Å². The van der Waals surface area contributed by atoms with Crippen molar-refractivity contribution < 1.29 is 18.9 Å². The standard InChI is InChI=1S/C5H13O4P3/c6-2-1-5(9-12-11)4(7)3-8-10/h2,4-5,7,12H,1,3,10-11H2/t4-,5+/m0/s1. The highest BCUT2D eigenvalue weighted by molar-refractivity contribution is 8.00. The van der Waals surface area contributed by atoms with Gasteiger partial charge in [-0.25, -0.2) is 0 Å². The summed E-state index contributed by atoms with van der Waals surface area (Å²) in [7, 11) is 4.60. The SMILES string of the molecule is O=CC[C@@H](OPP)[C@@H](O)COP. The highest BCUT2D eigenvalue weighted by Crippen LogP contribution is 2.26. The molecule has 0 aliphatic carbocycles. The van der Waals surface area contributed by atoms with Crippen molar-refractivity contribution in [1.29, 1.82) is 0 Å². The van der Waals surface area contributed by atoms with Crippen LogP contribution in [-0.2, 0) is 13.8 Å². The monoisotopic (exact) mass is 230 g/mol. The first kappa shape index (κ1) is 12.8. The number of aliphatic hydroxyl groups is 1. The van der Waals surface area contributed by atoms with Gasteiger partial charge in [-0.05, 0) is 0 Å². The Morgan fingerprint density at radius 1 is 1.67 bits per heavy atom. The minimum atomic E-state index is -0.749. The summed E-state index contributed by atoms with van der Waals surface area (Å²) in [4.78, 5) is 10.2. The molecule has 0 amide bonds. The van der Waals surface area contributed by atoms with E-state index in [1.54, 1.807) is 0 Å². The number of hydrogen-bond donors (Lipinski definition) is 1. The van der Waals surface area contributed by atoms with Crippen LogP contribution in [0.1, 0.15) is 6.42 Å². The second-order valence-corrected chi connectivity index (χ2v) is 3.59. The first-order valence-electron chi connectivity index (χ1n) is 3.30. The van der Waals surface area contributed by atoms with Gasteiger partial charge in [-0.2, -0.15) is 0 Å². The second kappa shape index (κ2) is 8.44. The molecule has 3 unspecified atom stereocenters. The van der Waals surface area contributed by atoms with Crippen LogP contribution in [0.3, 0.4) is 0 Å². The molecule has 0 aromatic heterocycles. The van der Waals surface area contributed by atoms with Crippen LogP contribution in [0, 0.1) is 0 Å². The number of carbonyl (C=O) groups excluding carboxylic acids is 1. The Morgan fingerprint density at radius 3 is 2.75 bits per heavy atom. The van der Waals surface area contributed by atoms with Crippen LogP contribution < -0.4 is 0 Å². The molecule has 0 saturated heterocycles. The fraction of sp³-hybridized carbons (Fsp3) is 0.800. The largest absolute Gasteiger partial charge is 0.388 e. The van der Waals surface area contributed by atoms with Gasteiger partial charge >= 0.3 is 0 Å². The molecule has 5 atom stereocenters. The second-order valence-electron chi connectivity index (χ2n) is 2.08. The van der Waals surface area contributed by atoms with E-state index in [1.807, 2.05) is 9.47 Å². The normalized spacial score (nSPS) is 16.6. The molecule has 72 valence electrons. The van der Waals surface area contributed by atoms with Crippen LogP contribution in [-0.4, -0.2) is 30.2 Å². The van der Waals surface area contributed by atoms with Crippen LogP contribution in [0.15, 0.2) is 0 Å². The van der Waals surface area contributed by atoms with Crippen molar-refractivity contribution in [1.82, 2.24) is 0 Å². The molecular weight excluding hydrogens is 217 g/mol. The van der Waals surface area contributed by atoms with E-state index < -0.39 is 12.2 Å². The van der Waals surface area contributed by atoms with E-state index in [2.05, 4.69) is 13.5 Å². The number of rotatable bonds is 7. The zero-order valence-electron chi connectivity index (χ0n) is 6.47. The summed E-state index contributed by atoms with van der Waals surface area (Å²) in [5.74, 6) is 0. The number of carbonyl (C=O) groups is 1. The number of aldehydes is 1. The number of aliphatic hydroxyl groups excluding tert-OH is 1. The fourth-order valence-electron chi connectivity index (χ4n) is 0.672. The van der Waals surface area contributed by atoms with E-state index in [1.165, 1.54) is 0 Å². The van der Waals surface area contributed by atoms with Crippen molar-refractivity contribution in [2.24, 2.45) is 0 Å². The molecule has 0 saturated carbocycles. The van der Waals surface area contributed by atoms with Crippen molar-refractivity contribution in [3.8, 4) is 0 Å². The van der Waals surface area contributed by atoms with Crippen LogP contribution in [0.5, 0.6) is 0 Å². The highest BCUT2D eigenvalue weighted by atomic mass is 32.0. The summed E-state index contributed by atoms with van der Waals surface area (Å²) in [6, 6.07) is 0. The minimum absolute atomic E-state index is 0.151. The van der Waals surface area contributed by atoms with Crippen LogP contribution >= 0.6 is 26.9 Å². The summed E-state index contributed by atoms with van der Waals surface area (Å²) in [6.45, 7) is 0.151. The topological polar surface area (TPSA) is 55.8 Å². The molecule has 12 heavy (non-hydrogen) atoms. The molecule has 0 radical (unpaired) electrons. The first-order chi connectivity index (χ1) is 5.76. The Hall–Kier alpha value is 0.840. The highest BCUT2D eigenvalue weighted by Gasteiger charge is 2.18. The van der Waals surface area contributed by atoms with Gasteiger partial charge in [0.05, 0.1) is 12.7 Å². The Bertz CT molecular complexity index is 123. The van der Waals surface area contributed by atoms with Crippen LogP contribution in [0.2, 0.25) is 0 Å². The molecule has 1 N–H and O–H groups in total. The molecule has 0 fully saturated rings. The van der Waals surface area contributed by atoms with Crippen molar-refractivity contribution >= 4 is 33.2 Å². The molecule has 0 heterocycles. The molecule has 0 rings (SSSR count). The van der Waals surface area contributed by atoms with E-state index >= 15 is 0 Å². The van der Waals surface area contributed by atoms with E-state index in [9.17, 15) is 9.90 Å². The van der Waals surface area contributed by atoms with Crippen LogP contribution in [0.25, 0.3) is 0 Å². The van der Waals surface area contributed by atoms with Gasteiger partial charge in [0.2, 0.25) is 0 Å². The molecular formula is C5H13O4P3. The number of hydrogen-bond acceptors (Lipinski definition) is 4. The van der Waals surface area contributed by atoms with Crippen LogP contribution in [0.4, 0.5) is 0 Å². The maximum atomic E-state index is 10.2. The van der Waals surface area contributed by atoms with Gasteiger partial charge in [-0.15, -0.1) is 0 Å². The quantitative estimate of drug-likeness (QED) is 0.511. The van der Waals surface area contributed by atoms with Gasteiger partial charge in [-0.1, -0.05) is 8.93 Å². The lowest BCUT2D eigenvalue weighted by atomic mass is 10.2. The van der Waals surface area contributed by atoms with Gasteiger partial charge in [0, 0.05) is 24.4 Å². The van der Waals surface area contributed by atoms with Crippen molar-refractivity contribution in [3.05, 3.63) is 0 Å². The summed E-state index contributed by atoms with van der Waals surface area (Å²) in [6.07, 6.45) is -0.294. The van der Waals surface area contributed by atoms with Crippen molar-refractivity contribution in [2.75, 3.05) is 6.61 Å². The first-order valence-corrected chi connectivity index (χ1v) is 6.49. The van der Waals surface area contributed by atoms with Crippen molar-refractivity contribution in [2.45, 2.75) is 18.6 Å². The summed E-state index contributed by atoms with van der Waals surface area (Å²) in [5, 5.41) is 9.34. The van der Waals surface area contributed by atoms with Gasteiger partial charge in [0.15, 0.2) is 0 Å².